The predicted octanol–water partition coefficient (Wildman–Crippen LogP) is 1.85. The second-order valence-corrected chi connectivity index (χ2v) is 4.86. The second-order valence-electron chi connectivity index (χ2n) is 4.86. The van der Waals surface area contributed by atoms with Gasteiger partial charge in [-0.1, -0.05) is 6.07 Å². The van der Waals surface area contributed by atoms with E-state index in [0.29, 0.717) is 19.1 Å². The first-order chi connectivity index (χ1) is 9.65. The Labute approximate surface area is 117 Å². The highest BCUT2D eigenvalue weighted by molar-refractivity contribution is 5.98. The average molecular weight is 303 g/mol. The molecule has 0 fully saturated rings. The molecule has 0 saturated heterocycles. The number of hydrogen-bond acceptors (Lipinski definition) is 3. The molecule has 0 aromatic heterocycles. The summed E-state index contributed by atoms with van der Waals surface area (Å²) in [4.78, 5) is 22.8. The van der Waals surface area contributed by atoms with E-state index in [9.17, 15) is 22.8 Å². The first-order valence-corrected chi connectivity index (χ1v) is 5.97. The zero-order valence-electron chi connectivity index (χ0n) is 11.0. The third-order valence-corrected chi connectivity index (χ3v) is 3.34. The summed E-state index contributed by atoms with van der Waals surface area (Å²) in [7, 11) is 0. The molecule has 8 heteroatoms. The molecule has 0 radical (unpaired) electrons. The van der Waals surface area contributed by atoms with Crippen LogP contribution in [-0.4, -0.2) is 28.7 Å². The summed E-state index contributed by atoms with van der Waals surface area (Å²) < 4.78 is 43.6. The number of benzene rings is 1. The van der Waals surface area contributed by atoms with E-state index >= 15 is 0 Å². The fourth-order valence-corrected chi connectivity index (χ4v) is 1.86. The summed E-state index contributed by atoms with van der Waals surface area (Å²) in [5, 5.41) is 10.3. The van der Waals surface area contributed by atoms with E-state index < -0.39 is 23.6 Å². The minimum absolute atomic E-state index is 0.0454. The van der Waals surface area contributed by atoms with Gasteiger partial charge < -0.3 is 15.2 Å². The standard InChI is InChI=1S/C13H12F3NO4/c1-12(11(19)20,13(14,15)16)17-10(18)7-2-3-8-5-21-6-9(8)4-7/h2-4H,5-6H2,1H3,(H,17,18)(H,19,20). The molecule has 1 aromatic rings. The van der Waals surface area contributed by atoms with Gasteiger partial charge in [0.15, 0.2) is 0 Å². The third kappa shape index (κ3) is 2.71. The van der Waals surface area contributed by atoms with Gasteiger partial charge in [0.25, 0.3) is 5.91 Å². The van der Waals surface area contributed by atoms with E-state index in [1.807, 2.05) is 0 Å². The Hall–Kier alpha value is -2.09. The summed E-state index contributed by atoms with van der Waals surface area (Å²) in [5.74, 6) is -3.28. The zero-order chi connectivity index (χ0) is 15.8. The van der Waals surface area contributed by atoms with Gasteiger partial charge in [0.1, 0.15) is 0 Å². The van der Waals surface area contributed by atoms with Crippen LogP contribution in [0.15, 0.2) is 18.2 Å². The molecule has 2 rings (SSSR count). The van der Waals surface area contributed by atoms with E-state index in [-0.39, 0.29) is 12.2 Å². The fraction of sp³-hybridized carbons (Fsp3) is 0.385. The maximum Gasteiger partial charge on any atom is 0.422 e. The van der Waals surface area contributed by atoms with E-state index in [0.717, 1.165) is 5.56 Å². The van der Waals surface area contributed by atoms with Gasteiger partial charge in [-0.15, -0.1) is 0 Å². The molecule has 114 valence electrons. The maximum atomic E-state index is 12.8. The van der Waals surface area contributed by atoms with Gasteiger partial charge in [0, 0.05) is 5.56 Å². The number of carboxylic acids is 1. The van der Waals surface area contributed by atoms with Gasteiger partial charge in [-0.3, -0.25) is 4.79 Å². The molecule has 0 aliphatic carbocycles. The van der Waals surface area contributed by atoms with Crippen molar-refractivity contribution in [3.8, 4) is 0 Å². The first-order valence-electron chi connectivity index (χ1n) is 5.97. The number of alkyl halides is 3. The molecule has 1 amide bonds. The second kappa shape index (κ2) is 5.03. The van der Waals surface area contributed by atoms with E-state index in [1.165, 1.54) is 17.4 Å². The molecule has 1 heterocycles. The quantitative estimate of drug-likeness (QED) is 0.893. The Kier molecular flexibility index (Phi) is 3.66. The van der Waals surface area contributed by atoms with E-state index in [1.54, 1.807) is 6.07 Å². The SMILES string of the molecule is CC(NC(=O)c1ccc2c(c1)COC2)(C(=O)O)C(F)(F)F. The van der Waals surface area contributed by atoms with E-state index in [2.05, 4.69) is 0 Å². The number of amides is 1. The molecule has 5 nitrogen and oxygen atoms in total. The summed E-state index contributed by atoms with van der Waals surface area (Å²) in [5.41, 5.74) is -1.84. The van der Waals surface area contributed by atoms with Gasteiger partial charge >= 0.3 is 12.1 Å². The number of carbonyl (C=O) groups excluding carboxylic acids is 1. The normalized spacial score (nSPS) is 17.0. The molecule has 2 N–H and O–H groups in total. The van der Waals surface area contributed by atoms with Crippen LogP contribution >= 0.6 is 0 Å². The maximum absolute atomic E-state index is 12.8. The average Bonchev–Trinajstić information content (AvgIpc) is 2.83. The molecule has 1 aromatic carbocycles. The molecular formula is C13H12F3NO4. The smallest absolute Gasteiger partial charge is 0.422 e. The Morgan fingerprint density at radius 2 is 1.86 bits per heavy atom. The minimum atomic E-state index is -5.12. The monoisotopic (exact) mass is 303 g/mol. The van der Waals surface area contributed by atoms with Crippen molar-refractivity contribution in [1.82, 2.24) is 5.32 Å². The molecule has 1 aliphatic rings. The molecular weight excluding hydrogens is 291 g/mol. The van der Waals surface area contributed by atoms with Crippen LogP contribution in [0.1, 0.15) is 28.4 Å². The molecule has 0 bridgehead atoms. The Morgan fingerprint density at radius 1 is 1.24 bits per heavy atom. The van der Waals surface area contributed by atoms with Crippen LogP contribution < -0.4 is 5.32 Å². The van der Waals surface area contributed by atoms with Gasteiger partial charge in [-0.25, -0.2) is 4.79 Å². The van der Waals surface area contributed by atoms with Crippen LogP contribution in [0.25, 0.3) is 0 Å². The number of hydrogen-bond donors (Lipinski definition) is 2. The largest absolute Gasteiger partial charge is 0.479 e. The number of carbonyl (C=O) groups is 2. The topological polar surface area (TPSA) is 75.6 Å². The van der Waals surface area contributed by atoms with Crippen LogP contribution in [0, 0.1) is 0 Å². The van der Waals surface area contributed by atoms with Crippen LogP contribution in [0.2, 0.25) is 0 Å². The Morgan fingerprint density at radius 3 is 2.43 bits per heavy atom. The number of carboxylic acid groups (broad SMARTS) is 1. The van der Waals surface area contributed by atoms with Gasteiger partial charge in [0.2, 0.25) is 5.54 Å². The number of rotatable bonds is 3. The van der Waals surface area contributed by atoms with Crippen molar-refractivity contribution < 1.29 is 32.6 Å². The number of halogens is 3. The van der Waals surface area contributed by atoms with Crippen LogP contribution in [-0.2, 0) is 22.7 Å². The minimum Gasteiger partial charge on any atom is -0.479 e. The van der Waals surface area contributed by atoms with Crippen molar-refractivity contribution in [2.24, 2.45) is 0 Å². The van der Waals surface area contributed by atoms with Crippen LogP contribution in [0.4, 0.5) is 13.2 Å². The molecule has 0 spiro atoms. The lowest BCUT2D eigenvalue weighted by Gasteiger charge is -2.28. The van der Waals surface area contributed by atoms with Gasteiger partial charge in [-0.05, 0) is 30.2 Å². The number of aliphatic carboxylic acids is 1. The van der Waals surface area contributed by atoms with Crippen molar-refractivity contribution in [2.75, 3.05) is 0 Å². The number of nitrogens with one attached hydrogen (secondary N) is 1. The fourth-order valence-electron chi connectivity index (χ4n) is 1.86. The lowest BCUT2D eigenvalue weighted by Crippen LogP contribution is -2.61. The van der Waals surface area contributed by atoms with Gasteiger partial charge in [-0.2, -0.15) is 13.2 Å². The first kappa shape index (κ1) is 15.3. The van der Waals surface area contributed by atoms with E-state index in [4.69, 9.17) is 9.84 Å². The Balaban J connectivity index is 2.26. The zero-order valence-corrected chi connectivity index (χ0v) is 11.0. The molecule has 1 unspecified atom stereocenters. The molecule has 0 saturated carbocycles. The van der Waals surface area contributed by atoms with Gasteiger partial charge in [0.05, 0.1) is 13.2 Å². The molecule has 1 aliphatic heterocycles. The van der Waals surface area contributed by atoms with Crippen molar-refractivity contribution in [2.45, 2.75) is 31.9 Å². The highest BCUT2D eigenvalue weighted by Crippen LogP contribution is 2.31. The Bertz CT molecular complexity index is 600. The lowest BCUT2D eigenvalue weighted by molar-refractivity contribution is -0.203. The van der Waals surface area contributed by atoms with Crippen LogP contribution in [0.5, 0.6) is 0 Å². The summed E-state index contributed by atoms with van der Waals surface area (Å²) in [6.45, 7) is 1.06. The summed E-state index contributed by atoms with van der Waals surface area (Å²) in [6, 6.07) is 4.31. The third-order valence-electron chi connectivity index (χ3n) is 3.34. The lowest BCUT2D eigenvalue weighted by atomic mass is 10.00. The summed E-state index contributed by atoms with van der Waals surface area (Å²) in [6.07, 6.45) is -5.12. The molecule has 21 heavy (non-hydrogen) atoms. The summed E-state index contributed by atoms with van der Waals surface area (Å²) >= 11 is 0. The number of ether oxygens (including phenoxy) is 1. The number of fused-ring (bicyclic) bond motifs is 1. The highest BCUT2D eigenvalue weighted by Gasteiger charge is 2.58. The van der Waals surface area contributed by atoms with Crippen molar-refractivity contribution in [3.05, 3.63) is 34.9 Å². The van der Waals surface area contributed by atoms with Crippen molar-refractivity contribution >= 4 is 11.9 Å². The molecule has 1 atom stereocenters. The predicted molar refractivity (Wildman–Crippen MR) is 64.5 cm³/mol. The van der Waals surface area contributed by atoms with Crippen molar-refractivity contribution in [1.29, 1.82) is 0 Å². The van der Waals surface area contributed by atoms with Crippen molar-refractivity contribution in [3.63, 3.8) is 0 Å². The highest BCUT2D eigenvalue weighted by atomic mass is 19.4. The van der Waals surface area contributed by atoms with Crippen LogP contribution in [0.3, 0.4) is 0 Å².